The van der Waals surface area contributed by atoms with Gasteiger partial charge >= 0.3 is 173 Å². The molecule has 2 atom stereocenters. The Labute approximate surface area is 172 Å². The fourth-order valence-electron chi connectivity index (χ4n) is 4.71. The normalized spacial score (nSPS) is 22.7. The average Bonchev–Trinajstić information content (AvgIpc) is 3.00. The van der Waals surface area contributed by atoms with Crippen molar-refractivity contribution in [2.24, 2.45) is 5.92 Å². The van der Waals surface area contributed by atoms with Crippen LogP contribution in [0, 0.1) is 19.8 Å². The molecule has 0 amide bonds. The quantitative estimate of drug-likeness (QED) is 0.362. The Morgan fingerprint density at radius 2 is 1.50 bits per heavy atom. The summed E-state index contributed by atoms with van der Waals surface area (Å²) in [5, 5.41) is 0. The van der Waals surface area contributed by atoms with Crippen LogP contribution in [-0.4, -0.2) is 0 Å². The second-order valence-electron chi connectivity index (χ2n) is 8.78. The van der Waals surface area contributed by atoms with Crippen molar-refractivity contribution in [1.82, 2.24) is 0 Å². The van der Waals surface area contributed by atoms with Crippen molar-refractivity contribution in [2.75, 3.05) is 0 Å². The van der Waals surface area contributed by atoms with Gasteiger partial charge in [-0.25, -0.2) is 0 Å². The molecule has 0 nitrogen and oxygen atoms in total. The van der Waals surface area contributed by atoms with Crippen LogP contribution >= 0.6 is 0 Å². The molecule has 2 aliphatic rings. The van der Waals surface area contributed by atoms with E-state index >= 15 is 0 Å². The summed E-state index contributed by atoms with van der Waals surface area (Å²) in [7, 11) is 0. The number of benzene rings is 1. The Balaban J connectivity index is 2.06. The molecule has 0 spiro atoms. The maximum absolute atomic E-state index is 2.61. The third-order valence-corrected chi connectivity index (χ3v) is 14.6. The van der Waals surface area contributed by atoms with Gasteiger partial charge in [0.15, 0.2) is 0 Å². The van der Waals surface area contributed by atoms with Crippen LogP contribution in [0.3, 0.4) is 0 Å². The molecule has 0 fully saturated rings. The molecule has 0 saturated heterocycles. The Morgan fingerprint density at radius 3 is 2.04 bits per heavy atom. The summed E-state index contributed by atoms with van der Waals surface area (Å²) in [4.78, 5) is 0. The second kappa shape index (κ2) is 7.04. The second-order valence-corrected chi connectivity index (χ2v) is 15.3. The third kappa shape index (κ3) is 2.99. The van der Waals surface area contributed by atoms with Gasteiger partial charge in [-0.05, 0) is 0 Å². The summed E-state index contributed by atoms with van der Waals surface area (Å²) in [6, 6.07) is 4.93. The molecule has 0 radical (unpaired) electrons. The predicted molar refractivity (Wildman–Crippen MR) is 111 cm³/mol. The Bertz CT molecular complexity index is 823. The van der Waals surface area contributed by atoms with Crippen LogP contribution < -0.4 is 0 Å². The topological polar surface area (TPSA) is 0 Å². The third-order valence-electron chi connectivity index (χ3n) is 7.48. The summed E-state index contributed by atoms with van der Waals surface area (Å²) in [6.45, 7) is 21.4. The first-order valence-corrected chi connectivity index (χ1v) is 13.7. The Hall–Kier alpha value is -0.690. The van der Waals surface area contributed by atoms with Crippen molar-refractivity contribution in [3.8, 4) is 0 Å². The molecule has 26 heavy (non-hydrogen) atoms. The van der Waals surface area contributed by atoms with Crippen LogP contribution in [0.4, 0.5) is 0 Å². The minimum absolute atomic E-state index is 0.373. The zero-order valence-electron chi connectivity index (χ0n) is 18.1. The zero-order valence-corrected chi connectivity index (χ0v) is 21.7. The molecule has 1 aromatic rings. The summed E-state index contributed by atoms with van der Waals surface area (Å²) >= 11 is -1.07. The maximum atomic E-state index is 2.61. The van der Waals surface area contributed by atoms with Gasteiger partial charge < -0.3 is 0 Å². The monoisotopic (exact) mass is 514 g/mol. The van der Waals surface area contributed by atoms with Crippen molar-refractivity contribution in [2.45, 2.75) is 77.8 Å². The van der Waals surface area contributed by atoms with Crippen LogP contribution in [0.1, 0.15) is 83.1 Å². The summed E-state index contributed by atoms with van der Waals surface area (Å²) in [6.07, 6.45) is 3.87. The Kier molecular flexibility index (Phi) is 5.43. The molecular weight excluding hydrogens is 479 g/mol. The number of fused-ring (bicyclic) bond motifs is 1. The van der Waals surface area contributed by atoms with Gasteiger partial charge in [-0.3, -0.25) is 0 Å². The van der Waals surface area contributed by atoms with Crippen LogP contribution in [0.15, 0.2) is 37.8 Å². The van der Waals surface area contributed by atoms with Crippen molar-refractivity contribution < 1.29 is 22.9 Å². The van der Waals surface area contributed by atoms with Crippen LogP contribution in [0.25, 0.3) is 6.08 Å². The van der Waals surface area contributed by atoms with E-state index < -0.39 is 22.9 Å². The summed E-state index contributed by atoms with van der Waals surface area (Å²) in [5.74, 6) is 1.40. The van der Waals surface area contributed by atoms with Gasteiger partial charge in [-0.15, -0.1) is 0 Å². The van der Waals surface area contributed by atoms with Crippen LogP contribution in [0.2, 0.25) is 3.17 Å². The molecule has 0 saturated carbocycles. The van der Waals surface area contributed by atoms with Gasteiger partial charge in [0, 0.05) is 0 Å². The molecule has 0 heterocycles. The fourth-order valence-corrected chi connectivity index (χ4v) is 12.4. The van der Waals surface area contributed by atoms with Gasteiger partial charge in [0.1, 0.15) is 0 Å². The van der Waals surface area contributed by atoms with E-state index in [9.17, 15) is 0 Å². The van der Waals surface area contributed by atoms with E-state index in [0.29, 0.717) is 9.09 Å². The molecule has 0 aliphatic heterocycles. The van der Waals surface area contributed by atoms with Gasteiger partial charge in [0.2, 0.25) is 0 Å². The molecule has 0 aromatic heterocycles. The summed E-state index contributed by atoms with van der Waals surface area (Å²) < 4.78 is 2.21. The molecule has 0 N–H and O–H groups in total. The van der Waals surface area contributed by atoms with E-state index in [4.69, 9.17) is 0 Å². The first-order chi connectivity index (χ1) is 12.1. The van der Waals surface area contributed by atoms with Gasteiger partial charge in [-0.2, -0.15) is 0 Å². The fraction of sp³-hybridized carbons (Fsp3) is 0.520. The Morgan fingerprint density at radius 1 is 0.962 bits per heavy atom. The van der Waals surface area contributed by atoms with Gasteiger partial charge in [0.25, 0.3) is 0 Å². The molecule has 2 aliphatic carbocycles. The van der Waals surface area contributed by atoms with Crippen molar-refractivity contribution in [3.05, 3.63) is 60.0 Å². The van der Waals surface area contributed by atoms with Crippen molar-refractivity contribution in [1.29, 1.82) is 0 Å². The number of hydrogen-bond acceptors (Lipinski definition) is 0. The van der Waals surface area contributed by atoms with Crippen LogP contribution in [0.5, 0.6) is 0 Å². The predicted octanol–water partition coefficient (Wildman–Crippen LogP) is 7.74. The van der Waals surface area contributed by atoms with E-state index in [2.05, 4.69) is 80.5 Å². The number of hydrogen-bond donors (Lipinski definition) is 0. The average molecular weight is 513 g/mol. The molecule has 3 rings (SSSR count). The number of rotatable bonds is 4. The van der Waals surface area contributed by atoms with Crippen molar-refractivity contribution in [3.63, 3.8) is 0 Å². The number of allylic oxidation sites excluding steroid dienone is 5. The van der Waals surface area contributed by atoms with E-state index in [1.54, 1.807) is 27.9 Å². The van der Waals surface area contributed by atoms with E-state index in [1.165, 1.54) is 23.1 Å². The molecule has 0 bridgehead atoms. The van der Waals surface area contributed by atoms with Crippen LogP contribution in [-0.2, 0) is 22.9 Å². The molecule has 1 aromatic carbocycles. The molecule has 138 valence electrons. The first-order valence-electron chi connectivity index (χ1n) is 10.1. The molecule has 2 unspecified atom stereocenters. The minimum atomic E-state index is -1.07. The first kappa shape index (κ1) is 20.1. The van der Waals surface area contributed by atoms with Gasteiger partial charge in [-0.1, -0.05) is 0 Å². The van der Waals surface area contributed by atoms with E-state index in [0.717, 1.165) is 5.92 Å². The van der Waals surface area contributed by atoms with E-state index in [-0.39, 0.29) is 0 Å². The summed E-state index contributed by atoms with van der Waals surface area (Å²) in [5.41, 5.74) is 12.4. The molecule has 1 heteroatoms. The standard InChI is InChI=1S/C15H19.C10H15.Hf/c1-5-10(2)14-7-6-13-8-11(3)12(4)9-15(13)14;1-6-7(2)9(4)10(5)8(6)3;/h6,8-10,14H,5H2,1-4H3;1-5H3;. The van der Waals surface area contributed by atoms with Crippen molar-refractivity contribution >= 4 is 6.08 Å². The SMILES string of the molecule is CCC(C)C1[C]([Hf][C]2(C)C(C)=C(C)C(C)=C2C)=Cc2cc(C)c(C)cc21. The zero-order chi connectivity index (χ0) is 19.4. The molecular formula is C25H34Hf. The van der Waals surface area contributed by atoms with Gasteiger partial charge in [0.05, 0.1) is 0 Å². The number of aryl methyl sites for hydroxylation is 2. The van der Waals surface area contributed by atoms with E-state index in [1.807, 2.05) is 3.33 Å².